The van der Waals surface area contributed by atoms with Gasteiger partial charge in [-0.3, -0.25) is 14.7 Å². The average Bonchev–Trinajstić information content (AvgIpc) is 3.54. The van der Waals surface area contributed by atoms with Crippen LogP contribution in [0.2, 0.25) is 0 Å². The third-order valence-electron chi connectivity index (χ3n) is 5.66. The van der Waals surface area contributed by atoms with Gasteiger partial charge >= 0.3 is 24.3 Å². The van der Waals surface area contributed by atoms with Gasteiger partial charge < -0.3 is 20.3 Å². The number of nitrogens with zero attached hydrogens (tertiary/aromatic N) is 3. The van der Waals surface area contributed by atoms with Crippen molar-refractivity contribution in [3.05, 3.63) is 46.2 Å². The van der Waals surface area contributed by atoms with Crippen LogP contribution in [-0.4, -0.2) is 87.6 Å². The Balaban J connectivity index is 0.000000317. The molecule has 39 heavy (non-hydrogen) atoms. The van der Waals surface area contributed by atoms with Crippen molar-refractivity contribution in [2.75, 3.05) is 26.2 Å². The van der Waals surface area contributed by atoms with Crippen molar-refractivity contribution < 1.29 is 55.7 Å². The molecule has 4 rings (SSSR count). The molecule has 17 heteroatoms. The van der Waals surface area contributed by atoms with Crippen molar-refractivity contribution in [3.8, 4) is 0 Å². The number of aryl methyl sites for hydroxylation is 1. The highest BCUT2D eigenvalue weighted by molar-refractivity contribution is 7.09. The lowest BCUT2D eigenvalue weighted by molar-refractivity contribution is -0.193. The Morgan fingerprint density at radius 3 is 2.23 bits per heavy atom. The number of fused-ring (bicyclic) bond motifs is 1. The molecule has 3 atom stereocenters. The highest BCUT2D eigenvalue weighted by Crippen LogP contribution is 2.34. The normalized spacial score (nSPS) is 20.6. The van der Waals surface area contributed by atoms with Gasteiger partial charge in [-0.15, -0.1) is 11.3 Å². The SMILES string of the molecule is Cc1ncsc1CN1C[C@@H]2[C@@H](CNC(=O)c3cccnc3)CO[C@@H]2C1.O=C(O)C(F)(F)F.O=C(O)C(F)(F)F. The van der Waals surface area contributed by atoms with E-state index in [-0.39, 0.29) is 12.0 Å². The average molecular weight is 587 g/mol. The molecule has 10 nitrogen and oxygen atoms in total. The minimum atomic E-state index is -5.08. The van der Waals surface area contributed by atoms with Gasteiger partial charge in [0.25, 0.3) is 5.91 Å². The van der Waals surface area contributed by atoms with Gasteiger partial charge in [-0.05, 0) is 19.1 Å². The van der Waals surface area contributed by atoms with Crippen LogP contribution in [0.5, 0.6) is 0 Å². The van der Waals surface area contributed by atoms with E-state index in [1.807, 2.05) is 5.51 Å². The van der Waals surface area contributed by atoms with E-state index in [1.165, 1.54) is 4.88 Å². The number of halogens is 6. The number of likely N-dealkylation sites (tertiary alicyclic amines) is 1. The van der Waals surface area contributed by atoms with Crippen LogP contribution in [0, 0.1) is 18.8 Å². The number of rotatable bonds is 5. The monoisotopic (exact) mass is 586 g/mol. The van der Waals surface area contributed by atoms with Crippen LogP contribution in [0.1, 0.15) is 20.9 Å². The number of hydrogen-bond donors (Lipinski definition) is 3. The van der Waals surface area contributed by atoms with Gasteiger partial charge in [-0.25, -0.2) is 14.6 Å². The standard InChI is InChI=1S/C18H22N4O2S.2C2HF3O2/c1-12-17(25-11-21-12)9-22-7-15-14(10-24-16(15)8-22)6-20-18(23)13-3-2-4-19-5-13;2*3-2(4,5)1(6)7/h2-5,11,14-16H,6-10H2,1H3,(H,20,23);2*(H,6,7)/t14-,15+,16+;;/m0../s1. The van der Waals surface area contributed by atoms with E-state index in [4.69, 9.17) is 24.5 Å². The molecule has 0 radical (unpaired) electrons. The van der Waals surface area contributed by atoms with Gasteiger partial charge in [0.15, 0.2) is 0 Å². The number of aromatic nitrogens is 2. The van der Waals surface area contributed by atoms with Crippen molar-refractivity contribution >= 4 is 29.2 Å². The smallest absolute Gasteiger partial charge is 0.475 e. The predicted molar refractivity (Wildman–Crippen MR) is 123 cm³/mol. The Morgan fingerprint density at radius 1 is 1.13 bits per heavy atom. The summed E-state index contributed by atoms with van der Waals surface area (Å²) in [6, 6.07) is 3.56. The molecule has 2 aliphatic rings. The molecule has 2 saturated heterocycles. The number of nitrogens with one attached hydrogen (secondary N) is 1. The predicted octanol–water partition coefficient (Wildman–Crippen LogP) is 2.99. The Kier molecular flexibility index (Phi) is 11.2. The van der Waals surface area contributed by atoms with Gasteiger partial charge in [0.05, 0.1) is 29.5 Å². The summed E-state index contributed by atoms with van der Waals surface area (Å²) in [5.41, 5.74) is 3.64. The van der Waals surface area contributed by atoms with Gasteiger partial charge in [-0.1, -0.05) is 0 Å². The first-order valence-corrected chi connectivity index (χ1v) is 12.0. The molecule has 0 bridgehead atoms. The Bertz CT molecular complexity index is 1090. The number of alkyl halides is 6. The van der Waals surface area contributed by atoms with Crippen molar-refractivity contribution in [1.29, 1.82) is 0 Å². The molecule has 0 unspecified atom stereocenters. The van der Waals surface area contributed by atoms with Gasteiger partial charge in [-0.2, -0.15) is 26.3 Å². The lowest BCUT2D eigenvalue weighted by atomic mass is 9.93. The quantitative estimate of drug-likeness (QED) is 0.451. The molecule has 0 aromatic carbocycles. The van der Waals surface area contributed by atoms with Crippen LogP contribution in [0.25, 0.3) is 0 Å². The number of amides is 1. The summed E-state index contributed by atoms with van der Waals surface area (Å²) in [5.74, 6) is -4.72. The molecule has 216 valence electrons. The zero-order valence-corrected chi connectivity index (χ0v) is 21.0. The lowest BCUT2D eigenvalue weighted by Gasteiger charge is -2.19. The highest BCUT2D eigenvalue weighted by atomic mass is 32.1. The first-order valence-electron chi connectivity index (χ1n) is 11.1. The third-order valence-corrected chi connectivity index (χ3v) is 6.58. The maximum atomic E-state index is 12.2. The van der Waals surface area contributed by atoms with E-state index in [1.54, 1.807) is 35.9 Å². The summed E-state index contributed by atoms with van der Waals surface area (Å²) in [6.45, 7) is 6.39. The molecule has 0 spiro atoms. The Hall–Kier alpha value is -3.31. The van der Waals surface area contributed by atoms with Gasteiger partial charge in [0.1, 0.15) is 0 Å². The van der Waals surface area contributed by atoms with Gasteiger partial charge in [0.2, 0.25) is 0 Å². The Labute approximate surface area is 221 Å². The van der Waals surface area contributed by atoms with Crippen LogP contribution in [0.3, 0.4) is 0 Å². The molecule has 2 aliphatic heterocycles. The number of carboxylic acid groups (broad SMARTS) is 2. The van der Waals surface area contributed by atoms with E-state index in [2.05, 4.69) is 27.1 Å². The number of thiazole rings is 1. The first-order chi connectivity index (χ1) is 18.1. The fourth-order valence-electron chi connectivity index (χ4n) is 3.72. The summed E-state index contributed by atoms with van der Waals surface area (Å²) in [5, 5.41) is 17.3. The summed E-state index contributed by atoms with van der Waals surface area (Å²) in [4.78, 5) is 42.1. The van der Waals surface area contributed by atoms with Crippen LogP contribution in [0.15, 0.2) is 30.0 Å². The molecule has 0 saturated carbocycles. The fourth-order valence-corrected chi connectivity index (χ4v) is 4.54. The molecule has 4 heterocycles. The van der Waals surface area contributed by atoms with E-state index < -0.39 is 24.3 Å². The Morgan fingerprint density at radius 2 is 1.74 bits per heavy atom. The van der Waals surface area contributed by atoms with Crippen LogP contribution in [0.4, 0.5) is 26.3 Å². The zero-order chi connectivity index (χ0) is 29.4. The minimum absolute atomic E-state index is 0.0633. The van der Waals surface area contributed by atoms with Gasteiger partial charge in [0, 0.05) is 55.3 Å². The van der Waals surface area contributed by atoms with Crippen molar-refractivity contribution in [3.63, 3.8) is 0 Å². The molecule has 3 N–H and O–H groups in total. The number of carboxylic acids is 2. The lowest BCUT2D eigenvalue weighted by Crippen LogP contribution is -2.34. The topological polar surface area (TPSA) is 142 Å². The first kappa shape index (κ1) is 31.9. The maximum absolute atomic E-state index is 12.2. The second kappa shape index (κ2) is 13.7. The van der Waals surface area contributed by atoms with Crippen LogP contribution in [-0.2, 0) is 20.9 Å². The van der Waals surface area contributed by atoms with Crippen LogP contribution >= 0.6 is 11.3 Å². The number of pyridine rings is 1. The molecule has 0 aliphatic carbocycles. The van der Waals surface area contributed by atoms with Crippen LogP contribution < -0.4 is 5.32 Å². The molecule has 2 fully saturated rings. The fraction of sp³-hybridized carbons (Fsp3) is 0.500. The number of aliphatic carboxylic acids is 2. The molecular weight excluding hydrogens is 562 g/mol. The van der Waals surface area contributed by atoms with Crippen molar-refractivity contribution in [1.82, 2.24) is 20.2 Å². The maximum Gasteiger partial charge on any atom is 0.490 e. The van der Waals surface area contributed by atoms with E-state index in [0.717, 1.165) is 31.9 Å². The molecule has 2 aromatic heterocycles. The summed E-state index contributed by atoms with van der Waals surface area (Å²) in [6.07, 6.45) is -6.62. The largest absolute Gasteiger partial charge is 0.490 e. The van der Waals surface area contributed by atoms with E-state index in [9.17, 15) is 31.1 Å². The number of carbonyl (C=O) groups is 3. The van der Waals surface area contributed by atoms with Crippen molar-refractivity contribution in [2.45, 2.75) is 31.9 Å². The number of hydrogen-bond acceptors (Lipinski definition) is 8. The zero-order valence-electron chi connectivity index (χ0n) is 20.2. The number of ether oxygens (including phenoxy) is 1. The van der Waals surface area contributed by atoms with E-state index >= 15 is 0 Å². The summed E-state index contributed by atoms with van der Waals surface area (Å²) in [7, 11) is 0. The molecule has 2 aromatic rings. The molecular formula is C22H24F6N4O6S. The third kappa shape index (κ3) is 10.1. The summed E-state index contributed by atoms with van der Waals surface area (Å²) < 4.78 is 69.5. The summed E-state index contributed by atoms with van der Waals surface area (Å²) >= 11 is 1.72. The van der Waals surface area contributed by atoms with Crippen molar-refractivity contribution in [2.24, 2.45) is 11.8 Å². The second-order valence-corrected chi connectivity index (χ2v) is 9.35. The highest BCUT2D eigenvalue weighted by Gasteiger charge is 2.44. The number of carbonyl (C=O) groups excluding carboxylic acids is 1. The molecule has 1 amide bonds. The minimum Gasteiger partial charge on any atom is -0.475 e. The second-order valence-electron chi connectivity index (χ2n) is 8.41. The van der Waals surface area contributed by atoms with E-state index in [0.29, 0.717) is 23.9 Å².